The SMILES string of the molecule is CC(C)(C)c1ccc([C@]2(O)C[C@@]3(C)[C@@H](CCC34OCCO4)[C@@H]3C[C@H]4OC45CC4(CCC5(C)[C@H]32)OCCO4)cc1. The molecule has 7 fully saturated rings. The molecule has 3 saturated heterocycles. The molecule has 6 nitrogen and oxygen atoms in total. The Kier molecular flexibility index (Phi) is 5.05. The molecule has 1 aromatic carbocycles. The van der Waals surface area contributed by atoms with Crippen LogP contribution in [0.4, 0.5) is 0 Å². The average molecular weight is 539 g/mol. The number of ether oxygens (including phenoxy) is 5. The summed E-state index contributed by atoms with van der Waals surface area (Å²) in [6.45, 7) is 14.1. The molecule has 1 aromatic rings. The average Bonchev–Trinajstić information content (AvgIpc) is 3.23. The van der Waals surface area contributed by atoms with E-state index < -0.39 is 17.2 Å². The summed E-state index contributed by atoms with van der Waals surface area (Å²) in [5.74, 6) is -0.251. The van der Waals surface area contributed by atoms with Crippen LogP contribution in [-0.2, 0) is 34.7 Å². The fraction of sp³-hybridized carbons (Fsp3) is 0.818. The van der Waals surface area contributed by atoms with E-state index in [1.807, 2.05) is 0 Å². The normalized spacial score (nSPS) is 49.0. The maximum absolute atomic E-state index is 13.4. The summed E-state index contributed by atoms with van der Waals surface area (Å²) in [5.41, 5.74) is 0.643. The summed E-state index contributed by atoms with van der Waals surface area (Å²) in [4.78, 5) is 0. The number of aliphatic hydroxyl groups is 1. The van der Waals surface area contributed by atoms with Crippen LogP contribution >= 0.6 is 0 Å². The lowest BCUT2D eigenvalue weighted by Crippen LogP contribution is -2.68. The highest BCUT2D eigenvalue weighted by molar-refractivity contribution is 5.37. The molecule has 0 bridgehead atoms. The van der Waals surface area contributed by atoms with Gasteiger partial charge in [0.15, 0.2) is 11.6 Å². The van der Waals surface area contributed by atoms with Gasteiger partial charge >= 0.3 is 0 Å². The second-order valence-electron chi connectivity index (χ2n) is 15.5. The van der Waals surface area contributed by atoms with Crippen LogP contribution in [-0.4, -0.2) is 54.8 Å². The van der Waals surface area contributed by atoms with Gasteiger partial charge in [0, 0.05) is 36.0 Å². The minimum atomic E-state index is -1.01. The zero-order valence-electron chi connectivity index (χ0n) is 24.4. The van der Waals surface area contributed by atoms with E-state index in [1.54, 1.807) is 0 Å². The van der Waals surface area contributed by atoms with Crippen molar-refractivity contribution in [2.24, 2.45) is 28.6 Å². The Labute approximate surface area is 233 Å². The Morgan fingerprint density at radius 2 is 1.49 bits per heavy atom. The topological polar surface area (TPSA) is 69.7 Å². The van der Waals surface area contributed by atoms with E-state index in [4.69, 9.17) is 23.7 Å². The second-order valence-corrected chi connectivity index (χ2v) is 15.5. The third-order valence-electron chi connectivity index (χ3n) is 12.9. The van der Waals surface area contributed by atoms with E-state index in [9.17, 15) is 5.11 Å². The molecule has 7 aliphatic rings. The fourth-order valence-corrected chi connectivity index (χ4v) is 11.1. The van der Waals surface area contributed by atoms with Gasteiger partial charge in [-0.1, -0.05) is 58.9 Å². The van der Waals surface area contributed by atoms with Crippen molar-refractivity contribution in [2.45, 2.75) is 114 Å². The van der Waals surface area contributed by atoms with E-state index in [0.29, 0.717) is 44.7 Å². The molecule has 3 aliphatic heterocycles. The largest absolute Gasteiger partial charge is 0.385 e. The molecule has 1 N–H and O–H groups in total. The van der Waals surface area contributed by atoms with Gasteiger partial charge in [0.05, 0.1) is 38.1 Å². The summed E-state index contributed by atoms with van der Waals surface area (Å²) in [7, 11) is 0. The van der Waals surface area contributed by atoms with Crippen molar-refractivity contribution in [2.75, 3.05) is 26.4 Å². The zero-order valence-corrected chi connectivity index (χ0v) is 24.4. The lowest BCUT2D eigenvalue weighted by Gasteiger charge is -2.65. The van der Waals surface area contributed by atoms with Crippen molar-refractivity contribution in [3.05, 3.63) is 35.4 Å². The Balaban J connectivity index is 1.27. The van der Waals surface area contributed by atoms with Crippen LogP contribution in [0.1, 0.15) is 90.7 Å². The lowest BCUT2D eigenvalue weighted by molar-refractivity contribution is -0.296. The summed E-state index contributed by atoms with van der Waals surface area (Å²) in [6, 6.07) is 8.89. The first-order valence-electron chi connectivity index (χ1n) is 15.5. The van der Waals surface area contributed by atoms with E-state index >= 15 is 0 Å². The highest BCUT2D eigenvalue weighted by Gasteiger charge is 2.82. The van der Waals surface area contributed by atoms with Crippen LogP contribution in [0.15, 0.2) is 24.3 Å². The Hall–Kier alpha value is -1.02. The van der Waals surface area contributed by atoms with Crippen LogP contribution in [0.3, 0.4) is 0 Å². The van der Waals surface area contributed by atoms with Crippen molar-refractivity contribution in [3.8, 4) is 0 Å². The van der Waals surface area contributed by atoms with Crippen LogP contribution in [0.2, 0.25) is 0 Å². The third kappa shape index (κ3) is 3.09. The molecule has 3 spiro atoms. The Morgan fingerprint density at radius 1 is 0.821 bits per heavy atom. The molecule has 0 amide bonds. The fourth-order valence-electron chi connectivity index (χ4n) is 11.1. The first-order valence-corrected chi connectivity index (χ1v) is 15.5. The monoisotopic (exact) mass is 538 g/mol. The number of benzene rings is 1. The van der Waals surface area contributed by atoms with Crippen LogP contribution in [0.5, 0.6) is 0 Å². The van der Waals surface area contributed by atoms with Gasteiger partial charge in [0.25, 0.3) is 0 Å². The van der Waals surface area contributed by atoms with Crippen molar-refractivity contribution < 1.29 is 28.8 Å². The van der Waals surface area contributed by atoms with Gasteiger partial charge in [-0.05, 0) is 54.1 Å². The highest BCUT2D eigenvalue weighted by Crippen LogP contribution is 2.78. The minimum Gasteiger partial charge on any atom is -0.385 e. The standard InChI is InChI=1S/C33H46O6/c1-27(2,3)21-6-8-22(9-7-21)31(34)19-29(5)24(10-11-33(29)37-16-17-38-33)23-18-25-32(39-25)20-30(35-14-15-36-30)13-12-28(32,4)26(23)31/h6-9,23-26,34H,10-20H2,1-5H3/t23-,24-,25+,26-,28?,29-,31+,32?/m0/s1. The molecule has 2 unspecified atom stereocenters. The molecular weight excluding hydrogens is 492 g/mol. The van der Waals surface area contributed by atoms with Crippen LogP contribution in [0, 0.1) is 28.6 Å². The Bertz CT molecular complexity index is 1160. The number of hydrogen-bond acceptors (Lipinski definition) is 6. The van der Waals surface area contributed by atoms with Gasteiger partial charge in [-0.3, -0.25) is 0 Å². The number of hydrogen-bond donors (Lipinski definition) is 1. The molecular formula is C33H46O6. The van der Waals surface area contributed by atoms with E-state index in [0.717, 1.165) is 44.1 Å². The predicted octanol–water partition coefficient (Wildman–Crippen LogP) is 5.44. The lowest BCUT2D eigenvalue weighted by atomic mass is 9.40. The van der Waals surface area contributed by atoms with Gasteiger partial charge in [0.1, 0.15) is 5.60 Å². The van der Waals surface area contributed by atoms with E-state index in [-0.39, 0.29) is 33.9 Å². The van der Waals surface area contributed by atoms with Gasteiger partial charge < -0.3 is 28.8 Å². The highest BCUT2D eigenvalue weighted by atomic mass is 16.7. The summed E-state index contributed by atoms with van der Waals surface area (Å²) >= 11 is 0. The molecule has 4 saturated carbocycles. The zero-order chi connectivity index (χ0) is 27.1. The molecule has 214 valence electrons. The first-order chi connectivity index (χ1) is 18.4. The maximum atomic E-state index is 13.4. The van der Waals surface area contributed by atoms with Crippen LogP contribution in [0.25, 0.3) is 0 Å². The maximum Gasteiger partial charge on any atom is 0.174 e. The minimum absolute atomic E-state index is 0.0588. The molecule has 6 heteroatoms. The summed E-state index contributed by atoms with van der Waals surface area (Å²) < 4.78 is 32.2. The molecule has 8 atom stereocenters. The van der Waals surface area contributed by atoms with Crippen LogP contribution < -0.4 is 0 Å². The molecule has 0 radical (unpaired) electrons. The first kappa shape index (κ1) is 25.7. The predicted molar refractivity (Wildman–Crippen MR) is 145 cm³/mol. The number of epoxide rings is 1. The van der Waals surface area contributed by atoms with Gasteiger partial charge in [-0.15, -0.1) is 0 Å². The quantitative estimate of drug-likeness (QED) is 0.480. The molecule has 3 heterocycles. The Morgan fingerprint density at radius 3 is 2.15 bits per heavy atom. The molecule has 39 heavy (non-hydrogen) atoms. The van der Waals surface area contributed by atoms with Gasteiger partial charge in [0.2, 0.25) is 0 Å². The van der Waals surface area contributed by atoms with Crippen molar-refractivity contribution in [1.82, 2.24) is 0 Å². The number of fused-ring (bicyclic) bond motifs is 5. The summed E-state index contributed by atoms with van der Waals surface area (Å²) in [5, 5.41) is 13.4. The molecule has 4 aliphatic carbocycles. The third-order valence-corrected chi connectivity index (χ3v) is 12.9. The van der Waals surface area contributed by atoms with E-state index in [1.165, 1.54) is 5.56 Å². The van der Waals surface area contributed by atoms with Crippen molar-refractivity contribution >= 4 is 0 Å². The molecule has 8 rings (SSSR count). The number of rotatable bonds is 1. The molecule has 0 aromatic heterocycles. The van der Waals surface area contributed by atoms with Crippen molar-refractivity contribution in [3.63, 3.8) is 0 Å². The van der Waals surface area contributed by atoms with Crippen molar-refractivity contribution in [1.29, 1.82) is 0 Å². The van der Waals surface area contributed by atoms with E-state index in [2.05, 4.69) is 58.9 Å². The smallest absolute Gasteiger partial charge is 0.174 e. The summed E-state index contributed by atoms with van der Waals surface area (Å²) in [6.07, 6.45) is 6.41. The van der Waals surface area contributed by atoms with Gasteiger partial charge in [-0.25, -0.2) is 0 Å². The van der Waals surface area contributed by atoms with Gasteiger partial charge in [-0.2, -0.15) is 0 Å². The second kappa shape index (κ2) is 7.67.